The van der Waals surface area contributed by atoms with E-state index in [1.165, 1.54) is 16.6 Å². The van der Waals surface area contributed by atoms with Crippen molar-refractivity contribution in [3.05, 3.63) is 71.5 Å². The Hall–Kier alpha value is -2.92. The number of carbonyl (C=O) groups is 1. The van der Waals surface area contributed by atoms with E-state index in [-0.39, 0.29) is 18.0 Å². The number of aryl methyl sites for hydroxylation is 1. The lowest BCUT2D eigenvalue weighted by Gasteiger charge is -2.38. The van der Waals surface area contributed by atoms with Gasteiger partial charge >= 0.3 is 0 Å². The minimum absolute atomic E-state index is 0.0685. The van der Waals surface area contributed by atoms with Crippen molar-refractivity contribution in [3.63, 3.8) is 0 Å². The highest BCUT2D eigenvalue weighted by molar-refractivity contribution is 5.94. The second-order valence-corrected chi connectivity index (χ2v) is 8.60. The summed E-state index contributed by atoms with van der Waals surface area (Å²) in [4.78, 5) is 21.7. The van der Waals surface area contributed by atoms with Crippen molar-refractivity contribution in [3.8, 4) is 0 Å². The van der Waals surface area contributed by atoms with Gasteiger partial charge in [0.1, 0.15) is 0 Å². The van der Waals surface area contributed by atoms with E-state index in [0.29, 0.717) is 0 Å². The van der Waals surface area contributed by atoms with Gasteiger partial charge in [-0.15, -0.1) is 0 Å². The predicted molar refractivity (Wildman–Crippen MR) is 121 cm³/mol. The second-order valence-electron chi connectivity index (χ2n) is 8.60. The summed E-state index contributed by atoms with van der Waals surface area (Å²) in [5, 5.41) is 2.38. The number of aromatic nitrogens is 1. The van der Waals surface area contributed by atoms with Crippen molar-refractivity contribution in [1.82, 2.24) is 9.88 Å². The molecule has 1 aliphatic heterocycles. The lowest BCUT2D eigenvalue weighted by atomic mass is 10.00. The fourth-order valence-electron chi connectivity index (χ4n) is 4.92. The summed E-state index contributed by atoms with van der Waals surface area (Å²) in [7, 11) is 1.94. The zero-order valence-corrected chi connectivity index (χ0v) is 17.4. The molecule has 0 radical (unpaired) electrons. The lowest BCUT2D eigenvalue weighted by molar-refractivity contribution is 0.0709. The molecule has 1 unspecified atom stereocenters. The van der Waals surface area contributed by atoms with Crippen molar-refractivity contribution < 1.29 is 4.79 Å². The molecule has 154 valence electrons. The molecule has 5 heteroatoms. The molecule has 3 aromatic rings. The summed E-state index contributed by atoms with van der Waals surface area (Å²) in [5.74, 6) is 0.105. The first-order valence-electron chi connectivity index (χ1n) is 10.8. The first-order chi connectivity index (χ1) is 14.6. The molecule has 5 nitrogen and oxygen atoms in total. The number of nitrogens with two attached hydrogens (primary N) is 1. The molecule has 1 saturated heterocycles. The molecule has 1 amide bonds. The Balaban J connectivity index is 1.25. The number of amides is 1. The second kappa shape index (κ2) is 7.73. The zero-order chi connectivity index (χ0) is 20.7. The molecule has 1 atom stereocenters. The molecule has 30 heavy (non-hydrogen) atoms. The monoisotopic (exact) mass is 400 g/mol. The molecule has 0 spiro atoms. The Labute approximate surface area is 177 Å². The molecule has 1 aliphatic carbocycles. The van der Waals surface area contributed by atoms with Crippen LogP contribution >= 0.6 is 0 Å². The van der Waals surface area contributed by atoms with Crippen LogP contribution in [0.2, 0.25) is 0 Å². The maximum atomic E-state index is 13.1. The number of anilines is 1. The first-order valence-corrected chi connectivity index (χ1v) is 10.8. The van der Waals surface area contributed by atoms with Crippen LogP contribution in [0.5, 0.6) is 0 Å². The first kappa shape index (κ1) is 19.1. The highest BCUT2D eigenvalue weighted by Crippen LogP contribution is 2.31. The van der Waals surface area contributed by atoms with Crippen LogP contribution in [0.4, 0.5) is 5.69 Å². The van der Waals surface area contributed by atoms with Crippen molar-refractivity contribution in [2.75, 3.05) is 25.0 Å². The fraction of sp³-hybridized carbons (Fsp3) is 0.360. The van der Waals surface area contributed by atoms with Crippen LogP contribution in [0.3, 0.4) is 0 Å². The maximum absolute atomic E-state index is 13.1. The number of hydrogen-bond acceptors (Lipinski definition) is 4. The van der Waals surface area contributed by atoms with Gasteiger partial charge in [0.2, 0.25) is 0 Å². The third-order valence-electron chi connectivity index (χ3n) is 6.84. The van der Waals surface area contributed by atoms with Gasteiger partial charge in [-0.2, -0.15) is 0 Å². The van der Waals surface area contributed by atoms with Crippen LogP contribution in [0.1, 0.15) is 46.8 Å². The molecule has 2 aliphatic rings. The van der Waals surface area contributed by atoms with E-state index in [2.05, 4.69) is 40.2 Å². The Morgan fingerprint density at radius 1 is 1.07 bits per heavy atom. The van der Waals surface area contributed by atoms with Gasteiger partial charge in [0.15, 0.2) is 0 Å². The van der Waals surface area contributed by atoms with E-state index >= 15 is 0 Å². The molecule has 2 N–H and O–H groups in total. The zero-order valence-electron chi connectivity index (χ0n) is 17.4. The highest BCUT2D eigenvalue weighted by Gasteiger charge is 2.27. The summed E-state index contributed by atoms with van der Waals surface area (Å²) in [5.41, 5.74) is 10.7. The van der Waals surface area contributed by atoms with Gasteiger partial charge in [0.25, 0.3) is 5.91 Å². The highest BCUT2D eigenvalue weighted by atomic mass is 16.2. The van der Waals surface area contributed by atoms with E-state index < -0.39 is 0 Å². The summed E-state index contributed by atoms with van der Waals surface area (Å²) >= 11 is 0. The van der Waals surface area contributed by atoms with Crippen molar-refractivity contribution in [2.45, 2.75) is 37.8 Å². The van der Waals surface area contributed by atoms with Crippen LogP contribution in [0.15, 0.2) is 54.9 Å². The van der Waals surface area contributed by atoms with Gasteiger partial charge in [0.05, 0.1) is 0 Å². The molecule has 1 fully saturated rings. The number of rotatable bonds is 3. The van der Waals surface area contributed by atoms with Crippen LogP contribution in [0, 0.1) is 0 Å². The topological polar surface area (TPSA) is 62.5 Å². The largest absolute Gasteiger partial charge is 0.371 e. The van der Waals surface area contributed by atoms with E-state index in [0.717, 1.165) is 55.3 Å². The quantitative estimate of drug-likeness (QED) is 0.724. The summed E-state index contributed by atoms with van der Waals surface area (Å²) < 4.78 is 0. The minimum Gasteiger partial charge on any atom is -0.371 e. The predicted octanol–water partition coefficient (Wildman–Crippen LogP) is 3.92. The number of benzene rings is 2. The smallest absolute Gasteiger partial charge is 0.253 e. The van der Waals surface area contributed by atoms with Crippen LogP contribution in [-0.2, 0) is 6.42 Å². The fourth-order valence-corrected chi connectivity index (χ4v) is 4.92. The SMILES string of the molecule is CN(C(=O)c1ccc2c(c1)C(N)CC2)C1CCN(c2ccc3cnccc3c2)CC1. The van der Waals surface area contributed by atoms with Gasteiger partial charge in [-0.1, -0.05) is 12.1 Å². The molecule has 1 aromatic heterocycles. The number of carbonyl (C=O) groups excluding carboxylic acids is 1. The molecular weight excluding hydrogens is 372 g/mol. The molecular formula is C25H28N4O. The van der Waals surface area contributed by atoms with Crippen LogP contribution in [-0.4, -0.2) is 42.0 Å². The van der Waals surface area contributed by atoms with Crippen molar-refractivity contribution in [1.29, 1.82) is 0 Å². The van der Waals surface area contributed by atoms with Crippen LogP contribution in [0.25, 0.3) is 10.8 Å². The van der Waals surface area contributed by atoms with Crippen molar-refractivity contribution in [2.24, 2.45) is 5.73 Å². The Bertz CT molecular complexity index is 1090. The van der Waals surface area contributed by atoms with Crippen molar-refractivity contribution >= 4 is 22.4 Å². The Kier molecular flexibility index (Phi) is 4.91. The average Bonchev–Trinajstić information content (AvgIpc) is 3.18. The third-order valence-corrected chi connectivity index (χ3v) is 6.84. The van der Waals surface area contributed by atoms with Crippen LogP contribution < -0.4 is 10.6 Å². The normalized spacial score (nSPS) is 19.1. The number of piperidine rings is 1. The van der Waals surface area contributed by atoms with E-state index in [1.807, 2.05) is 36.5 Å². The summed E-state index contributed by atoms with van der Waals surface area (Å²) in [6.07, 6.45) is 7.68. The molecule has 0 saturated carbocycles. The molecule has 5 rings (SSSR count). The number of nitrogens with zero attached hydrogens (tertiary/aromatic N) is 3. The third kappa shape index (κ3) is 3.43. The molecule has 0 bridgehead atoms. The minimum atomic E-state index is 0.0685. The maximum Gasteiger partial charge on any atom is 0.253 e. The Morgan fingerprint density at radius 2 is 1.90 bits per heavy atom. The number of hydrogen-bond donors (Lipinski definition) is 1. The van der Waals surface area contributed by atoms with E-state index in [4.69, 9.17) is 5.73 Å². The molecule has 2 aromatic carbocycles. The standard InChI is InChI=1S/C25H28N4O/c1-28(25(30)19-3-2-17-5-7-24(26)23(17)15-19)21-9-12-29(13-10-21)22-6-4-20-16-27-11-8-18(20)14-22/h2-4,6,8,11,14-16,21,24H,5,7,9-10,12-13,26H2,1H3. The summed E-state index contributed by atoms with van der Waals surface area (Å²) in [6.45, 7) is 1.90. The number of fused-ring (bicyclic) bond motifs is 2. The van der Waals surface area contributed by atoms with Gasteiger partial charge in [0, 0.05) is 61.3 Å². The number of pyridine rings is 1. The van der Waals surface area contributed by atoms with E-state index in [9.17, 15) is 4.79 Å². The van der Waals surface area contributed by atoms with Gasteiger partial charge < -0.3 is 15.5 Å². The van der Waals surface area contributed by atoms with Gasteiger partial charge in [-0.05, 0) is 72.5 Å². The lowest BCUT2D eigenvalue weighted by Crippen LogP contribution is -2.45. The van der Waals surface area contributed by atoms with Gasteiger partial charge in [-0.3, -0.25) is 9.78 Å². The van der Waals surface area contributed by atoms with E-state index in [1.54, 1.807) is 0 Å². The summed E-state index contributed by atoms with van der Waals surface area (Å²) in [6, 6.07) is 15.0. The molecule has 2 heterocycles. The average molecular weight is 401 g/mol. The Morgan fingerprint density at radius 3 is 2.73 bits per heavy atom. The van der Waals surface area contributed by atoms with Gasteiger partial charge in [-0.25, -0.2) is 0 Å².